The molecule has 5 nitrogen and oxygen atoms in total. The van der Waals surface area contributed by atoms with Crippen molar-refractivity contribution in [3.05, 3.63) is 24.3 Å². The number of carbonyl (C=O) groups excluding carboxylic acids is 1. The Labute approximate surface area is 120 Å². The molecule has 3 N–H and O–H groups in total. The molecule has 0 unspecified atom stereocenters. The summed E-state index contributed by atoms with van der Waals surface area (Å²) in [6, 6.07) is 8.35. The normalized spacial score (nSPS) is 15.8. The van der Waals surface area contributed by atoms with E-state index < -0.39 is 0 Å². The van der Waals surface area contributed by atoms with Crippen molar-refractivity contribution >= 4 is 17.3 Å². The molecule has 0 radical (unpaired) electrons. The summed E-state index contributed by atoms with van der Waals surface area (Å²) in [5, 5.41) is 9.33. The lowest BCUT2D eigenvalue weighted by atomic mass is 10.1. The van der Waals surface area contributed by atoms with Gasteiger partial charge in [-0.15, -0.1) is 0 Å². The van der Waals surface area contributed by atoms with Gasteiger partial charge in [0.1, 0.15) is 0 Å². The van der Waals surface area contributed by atoms with Gasteiger partial charge in [0.25, 0.3) is 0 Å². The second-order valence-corrected chi connectivity index (χ2v) is 5.01. The van der Waals surface area contributed by atoms with Gasteiger partial charge in [-0.05, 0) is 44.2 Å². The number of anilines is 2. The average Bonchev–Trinajstić information content (AvgIpc) is 2.48. The third-order valence-electron chi connectivity index (χ3n) is 3.36. The summed E-state index contributed by atoms with van der Waals surface area (Å²) in [6.07, 6.45) is 2.57. The van der Waals surface area contributed by atoms with E-state index in [0.29, 0.717) is 19.0 Å². The van der Waals surface area contributed by atoms with Crippen molar-refractivity contribution in [2.24, 2.45) is 0 Å². The molecule has 0 aliphatic carbocycles. The first kappa shape index (κ1) is 14.8. The van der Waals surface area contributed by atoms with Gasteiger partial charge in [0.15, 0.2) is 0 Å². The second kappa shape index (κ2) is 7.87. The quantitative estimate of drug-likeness (QED) is 0.742. The highest BCUT2D eigenvalue weighted by atomic mass is 16.5. The molecule has 0 bridgehead atoms. The van der Waals surface area contributed by atoms with Crippen LogP contribution in [0.3, 0.4) is 0 Å². The zero-order valence-electron chi connectivity index (χ0n) is 11.9. The number of hydrogen-bond donors (Lipinski definition) is 3. The fourth-order valence-electron chi connectivity index (χ4n) is 2.19. The number of carbonyl (C=O) groups is 1. The lowest BCUT2D eigenvalue weighted by Crippen LogP contribution is -2.27. The third-order valence-corrected chi connectivity index (χ3v) is 3.36. The van der Waals surface area contributed by atoms with E-state index in [4.69, 9.17) is 4.74 Å². The summed E-state index contributed by atoms with van der Waals surface area (Å²) in [5.41, 5.74) is 1.92. The van der Waals surface area contributed by atoms with Crippen LogP contribution < -0.4 is 16.0 Å². The van der Waals surface area contributed by atoms with Crippen molar-refractivity contribution in [1.29, 1.82) is 0 Å². The van der Waals surface area contributed by atoms with Gasteiger partial charge in [0, 0.05) is 43.6 Å². The Kier molecular flexibility index (Phi) is 5.83. The molecule has 1 aliphatic heterocycles. The Bertz CT molecular complexity index is 414. The van der Waals surface area contributed by atoms with E-state index in [9.17, 15) is 4.79 Å². The highest BCUT2D eigenvalue weighted by molar-refractivity contribution is 5.90. The Morgan fingerprint density at radius 2 is 1.85 bits per heavy atom. The van der Waals surface area contributed by atoms with Crippen LogP contribution >= 0.6 is 0 Å². The van der Waals surface area contributed by atoms with Crippen molar-refractivity contribution in [3.8, 4) is 0 Å². The lowest BCUT2D eigenvalue weighted by Gasteiger charge is -2.24. The first-order valence-electron chi connectivity index (χ1n) is 7.17. The Morgan fingerprint density at radius 1 is 1.20 bits per heavy atom. The molecule has 5 heteroatoms. The van der Waals surface area contributed by atoms with Crippen molar-refractivity contribution in [2.45, 2.75) is 25.3 Å². The van der Waals surface area contributed by atoms with Crippen LogP contribution in [0.15, 0.2) is 24.3 Å². The van der Waals surface area contributed by atoms with E-state index in [2.05, 4.69) is 16.0 Å². The molecule has 0 aromatic heterocycles. The number of nitrogens with one attached hydrogen (secondary N) is 3. The zero-order valence-corrected chi connectivity index (χ0v) is 11.9. The minimum Gasteiger partial charge on any atom is -0.382 e. The van der Waals surface area contributed by atoms with Gasteiger partial charge < -0.3 is 20.7 Å². The molecule has 20 heavy (non-hydrogen) atoms. The smallest absolute Gasteiger partial charge is 0.225 e. The molecule has 1 aliphatic rings. The summed E-state index contributed by atoms with van der Waals surface area (Å²) in [4.78, 5) is 11.6. The Morgan fingerprint density at radius 3 is 2.50 bits per heavy atom. The maximum Gasteiger partial charge on any atom is 0.225 e. The van der Waals surface area contributed by atoms with Crippen molar-refractivity contribution in [1.82, 2.24) is 5.32 Å². The third kappa shape index (κ3) is 4.83. The van der Waals surface area contributed by atoms with E-state index in [0.717, 1.165) is 37.4 Å². The average molecular weight is 277 g/mol. The second-order valence-electron chi connectivity index (χ2n) is 5.01. The van der Waals surface area contributed by atoms with Crippen LogP contribution in [0.1, 0.15) is 19.3 Å². The highest BCUT2D eigenvalue weighted by Gasteiger charge is 2.13. The van der Waals surface area contributed by atoms with Crippen LogP contribution in [-0.2, 0) is 9.53 Å². The molecule has 1 aromatic rings. The molecule has 1 saturated heterocycles. The summed E-state index contributed by atoms with van der Waals surface area (Å²) in [6.45, 7) is 2.35. The van der Waals surface area contributed by atoms with Crippen LogP contribution in [0.5, 0.6) is 0 Å². The lowest BCUT2D eigenvalue weighted by molar-refractivity contribution is -0.116. The summed E-state index contributed by atoms with van der Waals surface area (Å²) >= 11 is 0. The fraction of sp³-hybridized carbons (Fsp3) is 0.533. The number of hydrogen-bond acceptors (Lipinski definition) is 4. The van der Waals surface area contributed by atoms with Gasteiger partial charge in [-0.25, -0.2) is 0 Å². The van der Waals surface area contributed by atoms with E-state index in [1.807, 2.05) is 31.3 Å². The standard InChI is InChI=1S/C15H23N3O2/c1-16-9-6-15(19)18-13-4-2-12(3-5-13)17-14-7-10-20-11-8-14/h2-5,14,16-17H,6-11H2,1H3,(H,18,19). The Balaban J connectivity index is 1.81. The summed E-state index contributed by atoms with van der Waals surface area (Å²) in [5.74, 6) is 0.0319. The minimum absolute atomic E-state index is 0.0319. The monoisotopic (exact) mass is 277 g/mol. The van der Waals surface area contributed by atoms with E-state index >= 15 is 0 Å². The van der Waals surface area contributed by atoms with Crippen LogP contribution in [0.2, 0.25) is 0 Å². The van der Waals surface area contributed by atoms with E-state index in [1.165, 1.54) is 0 Å². The van der Waals surface area contributed by atoms with Crippen LogP contribution in [-0.4, -0.2) is 38.8 Å². The molecule has 1 fully saturated rings. The van der Waals surface area contributed by atoms with E-state index in [1.54, 1.807) is 0 Å². The number of amides is 1. The molecule has 1 amide bonds. The van der Waals surface area contributed by atoms with Crippen molar-refractivity contribution in [2.75, 3.05) is 37.4 Å². The molecule has 0 saturated carbocycles. The van der Waals surface area contributed by atoms with Gasteiger partial charge in [0.05, 0.1) is 0 Å². The minimum atomic E-state index is 0.0319. The van der Waals surface area contributed by atoms with Gasteiger partial charge in [-0.1, -0.05) is 0 Å². The molecular weight excluding hydrogens is 254 g/mol. The molecule has 0 spiro atoms. The first-order valence-corrected chi connectivity index (χ1v) is 7.17. The van der Waals surface area contributed by atoms with Gasteiger partial charge in [-0.3, -0.25) is 4.79 Å². The summed E-state index contributed by atoms with van der Waals surface area (Å²) in [7, 11) is 1.84. The largest absolute Gasteiger partial charge is 0.382 e. The molecule has 2 rings (SSSR count). The molecule has 110 valence electrons. The molecular formula is C15H23N3O2. The molecule has 0 atom stereocenters. The topological polar surface area (TPSA) is 62.4 Å². The SMILES string of the molecule is CNCCC(=O)Nc1ccc(NC2CCOCC2)cc1. The van der Waals surface area contributed by atoms with Gasteiger partial charge in [0.2, 0.25) is 5.91 Å². The van der Waals surface area contributed by atoms with Crippen molar-refractivity contribution in [3.63, 3.8) is 0 Å². The van der Waals surface area contributed by atoms with Crippen LogP contribution in [0.4, 0.5) is 11.4 Å². The van der Waals surface area contributed by atoms with Crippen molar-refractivity contribution < 1.29 is 9.53 Å². The summed E-state index contributed by atoms with van der Waals surface area (Å²) < 4.78 is 5.34. The van der Waals surface area contributed by atoms with E-state index in [-0.39, 0.29) is 5.91 Å². The highest BCUT2D eigenvalue weighted by Crippen LogP contribution is 2.17. The number of benzene rings is 1. The predicted octanol–water partition coefficient (Wildman–Crippen LogP) is 1.83. The Hall–Kier alpha value is -1.59. The fourth-order valence-corrected chi connectivity index (χ4v) is 2.19. The number of rotatable bonds is 6. The maximum absolute atomic E-state index is 11.6. The predicted molar refractivity (Wildman–Crippen MR) is 81.1 cm³/mol. The molecule has 1 aromatic carbocycles. The first-order chi connectivity index (χ1) is 9.78. The number of ether oxygens (including phenoxy) is 1. The van der Waals surface area contributed by atoms with Gasteiger partial charge >= 0.3 is 0 Å². The molecule has 1 heterocycles. The van der Waals surface area contributed by atoms with Crippen LogP contribution in [0.25, 0.3) is 0 Å². The van der Waals surface area contributed by atoms with Gasteiger partial charge in [-0.2, -0.15) is 0 Å². The van der Waals surface area contributed by atoms with Crippen LogP contribution in [0, 0.1) is 0 Å². The zero-order chi connectivity index (χ0) is 14.2. The maximum atomic E-state index is 11.6.